The molecule has 1 rings (SSSR count). The molecule has 160 valence electrons. The molecule has 1 saturated heterocycles. The standard InChI is InChI=1S/C19H37NO7/c1-19(2,3)27-18(21)16-25-13-12-23-9-8-22-10-11-24-14-15-26-17-4-6-20-7-5-17/h17,20H,4-16H2,1-3H3. The first-order valence-corrected chi connectivity index (χ1v) is 9.82. The predicted octanol–water partition coefficient (Wildman–Crippen LogP) is 1.16. The first-order chi connectivity index (χ1) is 13.0. The molecule has 1 heterocycles. The average molecular weight is 392 g/mol. The number of nitrogens with one attached hydrogen (secondary N) is 1. The van der Waals surface area contributed by atoms with Crippen LogP contribution < -0.4 is 5.32 Å². The van der Waals surface area contributed by atoms with E-state index in [1.807, 2.05) is 20.8 Å². The molecule has 1 fully saturated rings. The maximum Gasteiger partial charge on any atom is 0.332 e. The van der Waals surface area contributed by atoms with Gasteiger partial charge in [0.2, 0.25) is 0 Å². The Hall–Kier alpha value is -0.770. The fraction of sp³-hybridized carbons (Fsp3) is 0.947. The molecule has 27 heavy (non-hydrogen) atoms. The Labute approximate surface area is 163 Å². The molecule has 0 radical (unpaired) electrons. The van der Waals surface area contributed by atoms with Crippen LogP contribution in [0.1, 0.15) is 33.6 Å². The van der Waals surface area contributed by atoms with E-state index in [9.17, 15) is 4.79 Å². The van der Waals surface area contributed by atoms with Crippen LogP contribution in [0.3, 0.4) is 0 Å². The quantitative estimate of drug-likeness (QED) is 0.329. The second kappa shape index (κ2) is 15.2. The molecule has 0 atom stereocenters. The molecule has 0 unspecified atom stereocenters. The number of carbonyl (C=O) groups excluding carboxylic acids is 1. The molecular weight excluding hydrogens is 354 g/mol. The van der Waals surface area contributed by atoms with Gasteiger partial charge in [-0.1, -0.05) is 0 Å². The van der Waals surface area contributed by atoms with E-state index < -0.39 is 5.60 Å². The lowest BCUT2D eigenvalue weighted by molar-refractivity contribution is -0.160. The largest absolute Gasteiger partial charge is 0.458 e. The zero-order chi connectivity index (χ0) is 19.8. The van der Waals surface area contributed by atoms with Crippen LogP contribution in [0.15, 0.2) is 0 Å². The van der Waals surface area contributed by atoms with E-state index in [2.05, 4.69) is 5.32 Å². The minimum Gasteiger partial charge on any atom is -0.458 e. The van der Waals surface area contributed by atoms with Gasteiger partial charge in [0.25, 0.3) is 0 Å². The molecule has 8 nitrogen and oxygen atoms in total. The highest BCUT2D eigenvalue weighted by Gasteiger charge is 2.16. The molecular formula is C19H37NO7. The van der Waals surface area contributed by atoms with Gasteiger partial charge in [-0.2, -0.15) is 0 Å². The minimum absolute atomic E-state index is 0.0597. The van der Waals surface area contributed by atoms with Gasteiger partial charge in [0.05, 0.1) is 59.0 Å². The molecule has 1 aliphatic heterocycles. The van der Waals surface area contributed by atoms with Crippen molar-refractivity contribution in [2.45, 2.75) is 45.3 Å². The van der Waals surface area contributed by atoms with Gasteiger partial charge < -0.3 is 33.7 Å². The van der Waals surface area contributed by atoms with Crippen molar-refractivity contribution in [2.24, 2.45) is 0 Å². The second-order valence-corrected chi connectivity index (χ2v) is 7.30. The molecule has 0 aromatic carbocycles. The van der Waals surface area contributed by atoms with Crippen molar-refractivity contribution in [3.05, 3.63) is 0 Å². The molecule has 0 amide bonds. The number of hydrogen-bond donors (Lipinski definition) is 1. The molecule has 1 N–H and O–H groups in total. The number of carbonyl (C=O) groups is 1. The van der Waals surface area contributed by atoms with E-state index in [0.717, 1.165) is 25.9 Å². The van der Waals surface area contributed by atoms with Gasteiger partial charge in [0.1, 0.15) is 12.2 Å². The third kappa shape index (κ3) is 15.9. The molecule has 0 aliphatic carbocycles. The lowest BCUT2D eigenvalue weighted by Crippen LogP contribution is -2.33. The summed E-state index contributed by atoms with van der Waals surface area (Å²) in [6, 6.07) is 0. The van der Waals surface area contributed by atoms with Crippen molar-refractivity contribution in [1.29, 1.82) is 0 Å². The predicted molar refractivity (Wildman–Crippen MR) is 101 cm³/mol. The summed E-state index contributed by atoms with van der Waals surface area (Å²) in [6.45, 7) is 11.5. The van der Waals surface area contributed by atoms with Crippen molar-refractivity contribution in [1.82, 2.24) is 5.32 Å². The molecule has 0 aromatic heterocycles. The van der Waals surface area contributed by atoms with Crippen molar-refractivity contribution in [2.75, 3.05) is 72.6 Å². The molecule has 8 heteroatoms. The first kappa shape index (κ1) is 24.3. The number of ether oxygens (including phenoxy) is 6. The summed E-state index contributed by atoms with van der Waals surface area (Å²) in [5.74, 6) is -0.369. The number of hydrogen-bond acceptors (Lipinski definition) is 8. The third-order valence-electron chi connectivity index (χ3n) is 3.62. The Bertz CT molecular complexity index is 368. The summed E-state index contributed by atoms with van der Waals surface area (Å²) < 4.78 is 32.3. The van der Waals surface area contributed by atoms with Crippen molar-refractivity contribution in [3.8, 4) is 0 Å². The van der Waals surface area contributed by atoms with Crippen molar-refractivity contribution < 1.29 is 33.2 Å². The number of rotatable bonds is 15. The van der Waals surface area contributed by atoms with Crippen molar-refractivity contribution >= 4 is 5.97 Å². The van der Waals surface area contributed by atoms with Crippen molar-refractivity contribution in [3.63, 3.8) is 0 Å². The van der Waals surface area contributed by atoms with Gasteiger partial charge in [-0.25, -0.2) is 4.79 Å². The van der Waals surface area contributed by atoms with Crippen LogP contribution in [0.25, 0.3) is 0 Å². The van der Waals surface area contributed by atoms with Crippen LogP contribution in [0.4, 0.5) is 0 Å². The van der Waals surface area contributed by atoms with Crippen LogP contribution >= 0.6 is 0 Å². The summed E-state index contributed by atoms with van der Waals surface area (Å²) in [6.07, 6.45) is 2.53. The van der Waals surface area contributed by atoms with Crippen LogP contribution in [0, 0.1) is 0 Å². The van der Waals surface area contributed by atoms with Crippen LogP contribution in [0.5, 0.6) is 0 Å². The topological polar surface area (TPSA) is 84.5 Å². The van der Waals surface area contributed by atoms with Gasteiger partial charge in [0.15, 0.2) is 0 Å². The normalized spacial score (nSPS) is 15.8. The van der Waals surface area contributed by atoms with Crippen LogP contribution in [-0.2, 0) is 33.2 Å². The monoisotopic (exact) mass is 391 g/mol. The number of piperidine rings is 1. The Balaban J connectivity index is 1.73. The molecule has 0 saturated carbocycles. The fourth-order valence-corrected chi connectivity index (χ4v) is 2.42. The molecule has 1 aliphatic rings. The zero-order valence-corrected chi connectivity index (χ0v) is 17.1. The molecule has 0 bridgehead atoms. The average Bonchev–Trinajstić information content (AvgIpc) is 2.61. The second-order valence-electron chi connectivity index (χ2n) is 7.30. The minimum atomic E-state index is -0.488. The third-order valence-corrected chi connectivity index (χ3v) is 3.62. The van der Waals surface area contributed by atoms with Crippen LogP contribution in [-0.4, -0.2) is 90.2 Å². The Morgan fingerprint density at radius 3 is 1.81 bits per heavy atom. The summed E-state index contributed by atoms with van der Waals surface area (Å²) in [7, 11) is 0. The smallest absolute Gasteiger partial charge is 0.332 e. The van der Waals surface area contributed by atoms with E-state index >= 15 is 0 Å². The van der Waals surface area contributed by atoms with E-state index in [-0.39, 0.29) is 12.6 Å². The lowest BCUT2D eigenvalue weighted by Gasteiger charge is -2.22. The van der Waals surface area contributed by atoms with Gasteiger partial charge in [0, 0.05) is 0 Å². The summed E-state index contributed by atoms with van der Waals surface area (Å²) in [5.41, 5.74) is -0.488. The summed E-state index contributed by atoms with van der Waals surface area (Å²) in [5, 5.41) is 3.31. The number of esters is 1. The van der Waals surface area contributed by atoms with Gasteiger partial charge >= 0.3 is 5.97 Å². The zero-order valence-electron chi connectivity index (χ0n) is 17.1. The SMILES string of the molecule is CC(C)(C)OC(=O)COCCOCCOCCOCCOC1CCNCC1. The van der Waals surface area contributed by atoms with E-state index in [4.69, 9.17) is 28.4 Å². The highest BCUT2D eigenvalue weighted by molar-refractivity contribution is 5.71. The summed E-state index contributed by atoms with van der Waals surface area (Å²) in [4.78, 5) is 11.4. The maximum atomic E-state index is 11.4. The molecule has 0 spiro atoms. The fourth-order valence-electron chi connectivity index (χ4n) is 2.42. The summed E-state index contributed by atoms with van der Waals surface area (Å²) >= 11 is 0. The highest BCUT2D eigenvalue weighted by Crippen LogP contribution is 2.07. The Morgan fingerprint density at radius 2 is 1.30 bits per heavy atom. The van der Waals surface area contributed by atoms with Gasteiger partial charge in [-0.05, 0) is 46.7 Å². The Kier molecular flexibility index (Phi) is 13.7. The molecule has 0 aromatic rings. The van der Waals surface area contributed by atoms with E-state index in [1.165, 1.54) is 0 Å². The van der Waals surface area contributed by atoms with Gasteiger partial charge in [-0.15, -0.1) is 0 Å². The Morgan fingerprint density at radius 1 is 0.815 bits per heavy atom. The van der Waals surface area contributed by atoms with Gasteiger partial charge in [-0.3, -0.25) is 0 Å². The maximum absolute atomic E-state index is 11.4. The lowest BCUT2D eigenvalue weighted by atomic mass is 10.1. The first-order valence-electron chi connectivity index (χ1n) is 9.82. The highest BCUT2D eigenvalue weighted by atomic mass is 16.6. The van der Waals surface area contributed by atoms with E-state index in [0.29, 0.717) is 59.0 Å². The van der Waals surface area contributed by atoms with E-state index in [1.54, 1.807) is 0 Å². The van der Waals surface area contributed by atoms with Crippen LogP contribution in [0.2, 0.25) is 0 Å².